The van der Waals surface area contributed by atoms with Crippen LogP contribution in [0.3, 0.4) is 0 Å². The highest BCUT2D eigenvalue weighted by atomic mass is 16.5. The fourth-order valence-electron chi connectivity index (χ4n) is 6.74. The van der Waals surface area contributed by atoms with Crippen molar-refractivity contribution in [3.8, 4) is 0 Å². The molecule has 5 rings (SSSR count). The first-order chi connectivity index (χ1) is 31.5. The highest BCUT2D eigenvalue weighted by Gasteiger charge is 2.24. The maximum atomic E-state index is 13.2. The molecule has 1 unspecified atom stereocenters. The number of aliphatic carboxylic acids is 4. The van der Waals surface area contributed by atoms with Gasteiger partial charge in [0.2, 0.25) is 23.7 Å². The summed E-state index contributed by atoms with van der Waals surface area (Å²) in [5.41, 5.74) is 7.27. The number of hydrogen-bond donors (Lipinski definition) is 10. The van der Waals surface area contributed by atoms with Crippen LogP contribution < -0.4 is 27.2 Å². The number of nitrogens with two attached hydrogens (primary N) is 1. The minimum absolute atomic E-state index is 0.0335. The van der Waals surface area contributed by atoms with Gasteiger partial charge in [-0.25, -0.2) is 14.8 Å². The fraction of sp³-hybridized carbons (Fsp3) is 0.390. The molecule has 1 aliphatic heterocycles. The van der Waals surface area contributed by atoms with Crippen molar-refractivity contribution < 1.29 is 53.9 Å². The van der Waals surface area contributed by atoms with Gasteiger partial charge in [0.15, 0.2) is 17.3 Å². The first kappa shape index (κ1) is 49.4. The molecule has 1 atom stereocenters. The van der Waals surface area contributed by atoms with Crippen molar-refractivity contribution in [2.45, 2.75) is 25.5 Å². The molecule has 25 heteroatoms. The molecule has 0 saturated carbocycles. The third-order valence-electron chi connectivity index (χ3n) is 10.1. The number of carbonyl (C=O) groups excluding carboxylic acids is 2. The lowest BCUT2D eigenvalue weighted by Gasteiger charge is -2.32. The molecular weight excluding hydrogens is 867 g/mol. The van der Waals surface area contributed by atoms with Gasteiger partial charge in [0.05, 0.1) is 44.6 Å². The molecule has 0 radical (unpaired) electrons. The van der Waals surface area contributed by atoms with Gasteiger partial charge in [-0.15, -0.1) is 0 Å². The number of aromatic nitrogens is 4. The van der Waals surface area contributed by atoms with Gasteiger partial charge in [0.25, 0.3) is 5.56 Å². The predicted molar refractivity (Wildman–Crippen MR) is 237 cm³/mol. The summed E-state index contributed by atoms with van der Waals surface area (Å²) in [7, 11) is 0. The third kappa shape index (κ3) is 16.2. The molecule has 3 heterocycles. The van der Waals surface area contributed by atoms with Crippen molar-refractivity contribution in [2.24, 2.45) is 0 Å². The lowest BCUT2D eigenvalue weighted by Crippen LogP contribution is -2.49. The largest absolute Gasteiger partial charge is 0.480 e. The smallest absolute Gasteiger partial charge is 0.344 e. The average molecular weight is 918 g/mol. The number of carboxylic acids is 4. The van der Waals surface area contributed by atoms with Crippen LogP contribution in [0.2, 0.25) is 0 Å². The summed E-state index contributed by atoms with van der Waals surface area (Å²) in [6.07, 6.45) is -0.577. The summed E-state index contributed by atoms with van der Waals surface area (Å²) in [5.74, 6) is -5.98. The molecule has 0 bridgehead atoms. The molecule has 2 aromatic carbocycles. The van der Waals surface area contributed by atoms with E-state index in [0.717, 1.165) is 0 Å². The van der Waals surface area contributed by atoms with Crippen LogP contribution in [-0.2, 0) is 40.0 Å². The van der Waals surface area contributed by atoms with E-state index in [4.69, 9.17) is 15.9 Å². The number of nitrogens with one attached hydrogen (secondary N) is 5. The number of carbonyl (C=O) groups is 6. The number of hydrogen-bond acceptors (Lipinski definition) is 18. The molecule has 2 aromatic heterocycles. The maximum Gasteiger partial charge on any atom is 0.344 e. The Labute approximate surface area is 376 Å². The van der Waals surface area contributed by atoms with E-state index in [1.165, 1.54) is 18.3 Å². The zero-order valence-electron chi connectivity index (χ0n) is 35.6. The molecule has 0 aliphatic carbocycles. The number of nitrogen functional groups attached to an aromatic ring is 1. The van der Waals surface area contributed by atoms with Crippen molar-refractivity contribution in [2.75, 3.05) is 100 Å². The first-order valence-electron chi connectivity index (χ1n) is 20.6. The van der Waals surface area contributed by atoms with E-state index in [0.29, 0.717) is 22.8 Å². The lowest BCUT2D eigenvalue weighted by atomic mass is 10.1. The lowest BCUT2D eigenvalue weighted by molar-refractivity contribution is -0.146. The van der Waals surface area contributed by atoms with Crippen molar-refractivity contribution in [3.63, 3.8) is 0 Å². The monoisotopic (exact) mass is 917 g/mol. The number of benzene rings is 2. The Morgan fingerprint density at radius 1 is 0.697 bits per heavy atom. The van der Waals surface area contributed by atoms with Crippen LogP contribution >= 0.6 is 0 Å². The Balaban J connectivity index is 1.08. The van der Waals surface area contributed by atoms with Gasteiger partial charge < -0.3 is 46.8 Å². The van der Waals surface area contributed by atoms with E-state index < -0.39 is 53.3 Å². The summed E-state index contributed by atoms with van der Waals surface area (Å²) >= 11 is 0. The minimum atomic E-state index is -1.51. The number of carboxylic acid groups (broad SMARTS) is 4. The van der Waals surface area contributed by atoms with E-state index >= 15 is 0 Å². The van der Waals surface area contributed by atoms with Crippen molar-refractivity contribution in [3.05, 3.63) is 76.3 Å². The predicted octanol–water partition coefficient (Wildman–Crippen LogP) is -0.465. The van der Waals surface area contributed by atoms with Crippen LogP contribution in [0.4, 0.5) is 23.0 Å². The minimum Gasteiger partial charge on any atom is -0.480 e. The molecule has 1 saturated heterocycles. The zero-order chi connectivity index (χ0) is 47.8. The second-order valence-corrected chi connectivity index (χ2v) is 15.2. The first-order valence-corrected chi connectivity index (χ1v) is 20.6. The van der Waals surface area contributed by atoms with Gasteiger partial charge in [0.1, 0.15) is 0 Å². The molecule has 2 amide bonds. The number of nitrogens with zero attached hydrogens (tertiary/aromatic N) is 7. The fourth-order valence-corrected chi connectivity index (χ4v) is 6.74. The third-order valence-corrected chi connectivity index (χ3v) is 10.1. The number of anilines is 4. The highest BCUT2D eigenvalue weighted by molar-refractivity contribution is 5.95. The van der Waals surface area contributed by atoms with Gasteiger partial charge >= 0.3 is 23.9 Å². The van der Waals surface area contributed by atoms with Gasteiger partial charge in [0, 0.05) is 87.8 Å². The summed E-state index contributed by atoms with van der Waals surface area (Å²) in [6, 6.07) is 12.5. The van der Waals surface area contributed by atoms with E-state index in [1.807, 2.05) is 0 Å². The zero-order valence-corrected chi connectivity index (χ0v) is 35.6. The molecule has 0 spiro atoms. The van der Waals surface area contributed by atoms with Crippen molar-refractivity contribution in [1.82, 2.24) is 39.5 Å². The van der Waals surface area contributed by atoms with Gasteiger partial charge in [-0.05, 0) is 48.5 Å². The summed E-state index contributed by atoms with van der Waals surface area (Å²) in [4.78, 5) is 106. The molecule has 66 heavy (non-hydrogen) atoms. The summed E-state index contributed by atoms with van der Waals surface area (Å²) < 4.78 is 5.43. The van der Waals surface area contributed by atoms with Crippen LogP contribution in [0, 0.1) is 5.41 Å². The van der Waals surface area contributed by atoms with E-state index in [2.05, 4.69) is 35.9 Å². The van der Waals surface area contributed by atoms with Crippen LogP contribution in [0.25, 0.3) is 11.2 Å². The number of ether oxygens (including phenoxy) is 1. The van der Waals surface area contributed by atoms with Crippen LogP contribution in [0.5, 0.6) is 0 Å². The quantitative estimate of drug-likeness (QED) is 0.0420. The summed E-state index contributed by atoms with van der Waals surface area (Å²) in [6.45, 7) is 1.19. The molecule has 11 N–H and O–H groups in total. The van der Waals surface area contributed by atoms with Gasteiger partial charge in [-0.1, -0.05) is 0 Å². The topological polar surface area (TPSA) is 363 Å². The standard InChI is InChI=1S/C41H51N13O12/c42-37(25-1-3-26(4-2-25)44-19-29-20-45-38-36(48-29)39(63)50-41(43)49-38)66-30(40(64)65)9-10-31(55)46-27-5-7-28(8-6-27)47-32(56)21-51-11-13-52(22-33(57)58)15-17-54(24-35(61)62)18-16-53(14-12-51)23-34(59)60/h1-8,20,30,42,44H,9-19,21-24H2,(H,46,55)(H,47,56)(H,57,58)(H,59,60)(H,61,62)(H,64,65)(H3,43,45,49,50,63). The second kappa shape index (κ2) is 23.9. The number of fused-ring (bicyclic) bond motifs is 1. The molecule has 1 fully saturated rings. The SMILES string of the molecule is N=C(OC(CCC(=O)Nc1ccc(NC(=O)CN2CCN(CC(=O)O)CCN(CC(=O)O)CCN(CC(=O)O)CC2)cc1)C(=O)O)c1ccc(NCc2cnc3nc(N)[nH]c(=O)c3n2)cc1. The molecular formula is C41H51N13O12. The average Bonchev–Trinajstić information content (AvgIpc) is 3.25. The number of aromatic amines is 1. The van der Waals surface area contributed by atoms with E-state index in [9.17, 15) is 54.0 Å². The molecule has 1 aliphatic rings. The van der Waals surface area contributed by atoms with Crippen molar-refractivity contribution in [1.29, 1.82) is 5.41 Å². The van der Waals surface area contributed by atoms with Crippen molar-refractivity contribution >= 4 is 75.8 Å². The van der Waals surface area contributed by atoms with Crippen LogP contribution in [0.15, 0.2) is 59.5 Å². The van der Waals surface area contributed by atoms with Gasteiger partial charge in [-0.2, -0.15) is 4.98 Å². The normalized spacial score (nSPS) is 15.1. The highest BCUT2D eigenvalue weighted by Crippen LogP contribution is 2.17. The van der Waals surface area contributed by atoms with Gasteiger partial charge in [-0.3, -0.25) is 58.8 Å². The molecule has 352 valence electrons. The Hall–Kier alpha value is -7.61. The Kier molecular flexibility index (Phi) is 17.9. The van der Waals surface area contributed by atoms with E-state index in [-0.39, 0.29) is 121 Å². The Morgan fingerprint density at radius 3 is 1.65 bits per heavy atom. The maximum absolute atomic E-state index is 13.2. The summed E-state index contributed by atoms with van der Waals surface area (Å²) in [5, 5.41) is 55.0. The Morgan fingerprint density at radius 2 is 1.17 bits per heavy atom. The van der Waals surface area contributed by atoms with Crippen LogP contribution in [-0.4, -0.2) is 186 Å². The molecule has 25 nitrogen and oxygen atoms in total. The number of rotatable bonds is 19. The Bertz CT molecular complexity index is 2400. The number of H-pyrrole nitrogens is 1. The van der Waals surface area contributed by atoms with Crippen LogP contribution in [0.1, 0.15) is 24.1 Å². The van der Waals surface area contributed by atoms with E-state index in [1.54, 1.807) is 56.0 Å². The second-order valence-electron chi connectivity index (χ2n) is 15.2. The molecule has 4 aromatic rings. The number of amides is 2.